The first-order valence-corrected chi connectivity index (χ1v) is 9.04. The number of para-hydroxylation sites is 1. The number of nitrogens with zero attached hydrogens (tertiary/aromatic N) is 1. The summed E-state index contributed by atoms with van der Waals surface area (Å²) in [5, 5.41) is 2.86. The van der Waals surface area contributed by atoms with Crippen molar-refractivity contribution < 1.29 is 22.8 Å². The zero-order valence-corrected chi connectivity index (χ0v) is 15.6. The Morgan fingerprint density at radius 2 is 1.86 bits per heavy atom. The molecule has 1 saturated heterocycles. The van der Waals surface area contributed by atoms with E-state index in [0.717, 1.165) is 17.7 Å². The van der Waals surface area contributed by atoms with Gasteiger partial charge in [0.1, 0.15) is 0 Å². The van der Waals surface area contributed by atoms with Gasteiger partial charge in [-0.1, -0.05) is 38.1 Å². The lowest BCUT2D eigenvalue weighted by Crippen LogP contribution is -2.28. The average molecular weight is 390 g/mol. The molecule has 2 aromatic carbocycles. The van der Waals surface area contributed by atoms with E-state index in [2.05, 4.69) is 5.32 Å². The minimum absolute atomic E-state index is 0.0358. The predicted octanol–water partition coefficient (Wildman–Crippen LogP) is 4.82. The van der Waals surface area contributed by atoms with Crippen molar-refractivity contribution in [1.82, 2.24) is 0 Å². The van der Waals surface area contributed by atoms with Crippen molar-refractivity contribution in [3.05, 3.63) is 59.7 Å². The second-order valence-corrected chi connectivity index (χ2v) is 7.18. The Balaban J connectivity index is 1.75. The van der Waals surface area contributed by atoms with Crippen LogP contribution in [-0.2, 0) is 15.8 Å². The van der Waals surface area contributed by atoms with E-state index in [9.17, 15) is 22.8 Å². The normalized spacial score (nSPS) is 17.3. The van der Waals surface area contributed by atoms with Crippen LogP contribution in [0.5, 0.6) is 0 Å². The molecule has 1 atom stereocenters. The van der Waals surface area contributed by atoms with Gasteiger partial charge in [0.15, 0.2) is 0 Å². The first kappa shape index (κ1) is 19.9. The molecule has 1 heterocycles. The van der Waals surface area contributed by atoms with Gasteiger partial charge >= 0.3 is 6.18 Å². The average Bonchev–Trinajstić information content (AvgIpc) is 3.03. The molecule has 28 heavy (non-hydrogen) atoms. The second kappa shape index (κ2) is 7.66. The molecule has 0 saturated carbocycles. The van der Waals surface area contributed by atoms with Gasteiger partial charge in [-0.25, -0.2) is 0 Å². The van der Waals surface area contributed by atoms with Gasteiger partial charge in [0, 0.05) is 24.3 Å². The van der Waals surface area contributed by atoms with E-state index in [4.69, 9.17) is 0 Å². The molecule has 0 radical (unpaired) electrons. The molecule has 3 rings (SSSR count). The Morgan fingerprint density at radius 1 is 1.14 bits per heavy atom. The maximum absolute atomic E-state index is 12.9. The number of hydrogen-bond donors (Lipinski definition) is 1. The predicted molar refractivity (Wildman–Crippen MR) is 101 cm³/mol. The summed E-state index contributed by atoms with van der Waals surface area (Å²) in [6, 6.07) is 12.0. The number of hydrogen-bond acceptors (Lipinski definition) is 2. The van der Waals surface area contributed by atoms with Crippen molar-refractivity contribution in [3.63, 3.8) is 0 Å². The topological polar surface area (TPSA) is 49.4 Å². The fourth-order valence-electron chi connectivity index (χ4n) is 3.33. The second-order valence-electron chi connectivity index (χ2n) is 7.18. The van der Waals surface area contributed by atoms with Crippen LogP contribution in [0.1, 0.15) is 37.3 Å². The molecule has 0 spiro atoms. The van der Waals surface area contributed by atoms with Crippen LogP contribution in [0.15, 0.2) is 48.5 Å². The van der Waals surface area contributed by atoms with Gasteiger partial charge in [0.25, 0.3) is 0 Å². The number of benzene rings is 2. The van der Waals surface area contributed by atoms with Crippen molar-refractivity contribution >= 4 is 23.2 Å². The van der Waals surface area contributed by atoms with Crippen LogP contribution < -0.4 is 10.2 Å². The summed E-state index contributed by atoms with van der Waals surface area (Å²) in [6.07, 6.45) is -4.53. The van der Waals surface area contributed by atoms with E-state index in [-0.39, 0.29) is 36.4 Å². The van der Waals surface area contributed by atoms with Crippen LogP contribution in [-0.4, -0.2) is 18.4 Å². The summed E-state index contributed by atoms with van der Waals surface area (Å²) in [5.74, 6) is -1.09. The third-order valence-electron chi connectivity index (χ3n) is 4.82. The van der Waals surface area contributed by atoms with E-state index in [1.54, 1.807) is 6.07 Å². The van der Waals surface area contributed by atoms with Gasteiger partial charge in [0.2, 0.25) is 11.8 Å². The van der Waals surface area contributed by atoms with Gasteiger partial charge in [-0.3, -0.25) is 9.59 Å². The number of anilines is 2. The van der Waals surface area contributed by atoms with Crippen molar-refractivity contribution in [2.24, 2.45) is 5.92 Å². The highest BCUT2D eigenvalue weighted by atomic mass is 19.4. The molecule has 1 aliphatic heterocycles. The molecule has 0 aromatic heterocycles. The minimum atomic E-state index is -4.49. The Bertz CT molecular complexity index is 893. The zero-order valence-electron chi connectivity index (χ0n) is 15.6. The molecule has 1 fully saturated rings. The van der Waals surface area contributed by atoms with Crippen LogP contribution in [0.2, 0.25) is 0 Å². The molecule has 2 aromatic rings. The van der Waals surface area contributed by atoms with Crippen molar-refractivity contribution in [3.8, 4) is 0 Å². The van der Waals surface area contributed by atoms with Crippen LogP contribution in [0, 0.1) is 5.92 Å². The standard InChI is InChI=1S/C21H21F3N2O2/c1-13(2)17-8-3-4-9-18(17)25-20(28)14-10-19(27)26(12-14)16-7-5-6-15(11-16)21(22,23)24/h3-9,11,13-14H,10,12H2,1-2H3,(H,25,28). The number of rotatable bonds is 4. The largest absolute Gasteiger partial charge is 0.416 e. The molecule has 1 N–H and O–H groups in total. The highest BCUT2D eigenvalue weighted by Gasteiger charge is 2.37. The highest BCUT2D eigenvalue weighted by molar-refractivity contribution is 6.03. The number of amides is 2. The van der Waals surface area contributed by atoms with Gasteiger partial charge in [-0.2, -0.15) is 13.2 Å². The van der Waals surface area contributed by atoms with Gasteiger partial charge in [-0.15, -0.1) is 0 Å². The van der Waals surface area contributed by atoms with E-state index < -0.39 is 17.7 Å². The molecule has 4 nitrogen and oxygen atoms in total. The Morgan fingerprint density at radius 3 is 2.54 bits per heavy atom. The summed E-state index contributed by atoms with van der Waals surface area (Å²) in [6.45, 7) is 4.08. The van der Waals surface area contributed by atoms with Crippen molar-refractivity contribution in [2.75, 3.05) is 16.8 Å². The lowest BCUT2D eigenvalue weighted by atomic mass is 10.0. The lowest BCUT2D eigenvalue weighted by Gasteiger charge is -2.19. The summed E-state index contributed by atoms with van der Waals surface area (Å²) < 4.78 is 38.8. The summed E-state index contributed by atoms with van der Waals surface area (Å²) >= 11 is 0. The fraction of sp³-hybridized carbons (Fsp3) is 0.333. The Kier molecular flexibility index (Phi) is 5.45. The van der Waals surface area contributed by atoms with Gasteiger partial charge in [0.05, 0.1) is 11.5 Å². The molecule has 0 bridgehead atoms. The number of alkyl halides is 3. The lowest BCUT2D eigenvalue weighted by molar-refractivity contribution is -0.137. The maximum atomic E-state index is 12.9. The zero-order chi connectivity index (χ0) is 20.5. The van der Waals surface area contributed by atoms with Crippen LogP contribution in [0.3, 0.4) is 0 Å². The summed E-state index contributed by atoms with van der Waals surface area (Å²) in [4.78, 5) is 26.3. The third kappa shape index (κ3) is 4.18. The summed E-state index contributed by atoms with van der Waals surface area (Å²) in [7, 11) is 0. The van der Waals surface area contributed by atoms with Crippen LogP contribution in [0.25, 0.3) is 0 Å². The van der Waals surface area contributed by atoms with Crippen LogP contribution in [0.4, 0.5) is 24.5 Å². The quantitative estimate of drug-likeness (QED) is 0.814. The Hall–Kier alpha value is -2.83. The molecule has 7 heteroatoms. The molecule has 1 aliphatic rings. The molecule has 148 valence electrons. The molecule has 2 amide bonds. The minimum Gasteiger partial charge on any atom is -0.326 e. The number of carbonyl (C=O) groups is 2. The maximum Gasteiger partial charge on any atom is 0.416 e. The third-order valence-corrected chi connectivity index (χ3v) is 4.82. The van der Waals surface area contributed by atoms with Crippen LogP contribution >= 0.6 is 0 Å². The van der Waals surface area contributed by atoms with E-state index in [1.165, 1.54) is 17.0 Å². The summed E-state index contributed by atoms with van der Waals surface area (Å²) in [5.41, 5.74) is 0.997. The smallest absolute Gasteiger partial charge is 0.326 e. The van der Waals surface area contributed by atoms with E-state index in [0.29, 0.717) is 5.69 Å². The molecule has 0 aliphatic carbocycles. The first-order chi connectivity index (χ1) is 13.2. The molecular formula is C21H21F3N2O2. The van der Waals surface area contributed by atoms with Gasteiger partial charge < -0.3 is 10.2 Å². The number of nitrogens with one attached hydrogen (secondary N) is 1. The Labute approximate surface area is 161 Å². The fourth-order valence-corrected chi connectivity index (χ4v) is 3.33. The van der Waals surface area contributed by atoms with E-state index in [1.807, 2.05) is 32.0 Å². The molecule has 1 unspecified atom stereocenters. The molecular weight excluding hydrogens is 369 g/mol. The monoisotopic (exact) mass is 390 g/mol. The SMILES string of the molecule is CC(C)c1ccccc1NC(=O)C1CC(=O)N(c2cccc(C(F)(F)F)c2)C1. The van der Waals surface area contributed by atoms with Crippen molar-refractivity contribution in [1.29, 1.82) is 0 Å². The highest BCUT2D eigenvalue weighted by Crippen LogP contribution is 2.34. The number of carbonyl (C=O) groups excluding carboxylic acids is 2. The van der Waals surface area contributed by atoms with E-state index >= 15 is 0 Å². The first-order valence-electron chi connectivity index (χ1n) is 9.04. The van der Waals surface area contributed by atoms with Gasteiger partial charge in [-0.05, 0) is 35.7 Å². The van der Waals surface area contributed by atoms with Crippen molar-refractivity contribution in [2.45, 2.75) is 32.4 Å². The number of halogens is 3.